The van der Waals surface area contributed by atoms with Crippen molar-refractivity contribution >= 4 is 23.4 Å². The fourth-order valence-corrected chi connectivity index (χ4v) is 9.12. The van der Waals surface area contributed by atoms with Gasteiger partial charge in [-0.2, -0.15) is 5.06 Å². The Hall–Kier alpha value is -1.80. The topological polar surface area (TPSA) is 87.1 Å². The summed E-state index contributed by atoms with van der Waals surface area (Å²) in [4.78, 5) is 31.4. The summed E-state index contributed by atoms with van der Waals surface area (Å²) >= 11 is 6.05. The molecule has 0 aromatic heterocycles. The maximum absolute atomic E-state index is 15.6. The number of carboxylic acid groups (broad SMARTS) is 1. The molecule has 10 atom stereocenters. The second-order valence-corrected chi connectivity index (χ2v) is 12.6. The molecule has 1 aliphatic heterocycles. The zero-order chi connectivity index (χ0) is 25.6. The Balaban J connectivity index is 1.32. The van der Waals surface area contributed by atoms with Crippen LogP contribution in [-0.2, 0) is 14.4 Å². The maximum Gasteiger partial charge on any atom is 0.339 e. The summed E-state index contributed by atoms with van der Waals surface area (Å²) in [5, 5.41) is 24.7. The number of nitrogens with zero attached hydrogens (tertiary/aromatic N) is 1. The lowest BCUT2D eigenvalue weighted by atomic mass is 9.46. The van der Waals surface area contributed by atoms with E-state index >= 15 is 4.39 Å². The molecule has 0 aromatic carbocycles. The van der Waals surface area contributed by atoms with Crippen molar-refractivity contribution in [3.63, 3.8) is 0 Å². The van der Waals surface area contributed by atoms with Gasteiger partial charge in [0.25, 0.3) is 0 Å². The van der Waals surface area contributed by atoms with E-state index in [1.807, 2.05) is 32.1 Å². The highest BCUT2D eigenvalue weighted by atomic mass is 35.5. The number of halogens is 2. The van der Waals surface area contributed by atoms with Crippen LogP contribution in [0.25, 0.3) is 0 Å². The first kappa shape index (κ1) is 24.5. The third-order valence-corrected chi connectivity index (χ3v) is 10.7. The minimum Gasteiger partial charge on any atom is -0.479 e. The number of aliphatic carboxylic acids is 1. The summed E-state index contributed by atoms with van der Waals surface area (Å²) in [6, 6.07) is 0. The Morgan fingerprint density at radius 1 is 1.31 bits per heavy atom. The molecule has 194 valence electrons. The zero-order valence-corrected chi connectivity index (χ0v) is 21.3. The fraction of sp³-hybridized carbons (Fsp3) is 0.643. The van der Waals surface area contributed by atoms with Gasteiger partial charge in [0.1, 0.15) is 6.17 Å². The molecule has 3 saturated carbocycles. The second kappa shape index (κ2) is 8.10. The molecule has 2 N–H and O–H groups in total. The van der Waals surface area contributed by atoms with E-state index in [0.29, 0.717) is 30.1 Å². The summed E-state index contributed by atoms with van der Waals surface area (Å²) < 4.78 is 15.6. The molecule has 10 unspecified atom stereocenters. The van der Waals surface area contributed by atoms with Crippen molar-refractivity contribution in [2.75, 3.05) is 13.1 Å². The molecule has 0 spiro atoms. The van der Waals surface area contributed by atoms with Gasteiger partial charge in [-0.1, -0.05) is 43.7 Å². The number of aliphatic hydroxyl groups excluding tert-OH is 1. The van der Waals surface area contributed by atoms with Gasteiger partial charge in [0, 0.05) is 40.8 Å². The quantitative estimate of drug-likeness (QED) is 0.583. The number of carbonyl (C=O) groups is 2. The van der Waals surface area contributed by atoms with Crippen LogP contribution >= 0.6 is 11.6 Å². The van der Waals surface area contributed by atoms with Crippen molar-refractivity contribution in [2.45, 2.75) is 57.4 Å². The second-order valence-electron chi connectivity index (χ2n) is 12.2. The molecule has 0 radical (unpaired) electrons. The number of rotatable bonds is 3. The molecule has 0 bridgehead atoms. The van der Waals surface area contributed by atoms with Crippen LogP contribution in [-0.4, -0.2) is 58.0 Å². The van der Waals surface area contributed by atoms with Crippen LogP contribution in [0.5, 0.6) is 0 Å². The van der Waals surface area contributed by atoms with Gasteiger partial charge in [-0.25, -0.2) is 9.18 Å². The number of hydrogen-bond acceptors (Lipinski definition) is 5. The van der Waals surface area contributed by atoms with Crippen LogP contribution in [0.2, 0.25) is 0 Å². The SMILES string of the molecule is CC12C=CC(=O)C=C1C(F)CC1C2C(O)CC2(C)C1CC1CN(CC3C=CC(Cl)=CC3)OC12C(=O)O. The molecule has 6 nitrogen and oxygen atoms in total. The van der Waals surface area contributed by atoms with Crippen LogP contribution in [0.4, 0.5) is 4.39 Å². The van der Waals surface area contributed by atoms with Gasteiger partial charge in [-0.3, -0.25) is 9.63 Å². The van der Waals surface area contributed by atoms with Crippen molar-refractivity contribution < 1.29 is 29.0 Å². The lowest BCUT2D eigenvalue weighted by Gasteiger charge is -2.60. The molecule has 8 heteroatoms. The predicted octanol–water partition coefficient (Wildman–Crippen LogP) is 4.21. The third-order valence-electron chi connectivity index (χ3n) is 10.4. The summed E-state index contributed by atoms with van der Waals surface area (Å²) in [7, 11) is 0. The summed E-state index contributed by atoms with van der Waals surface area (Å²) in [6.07, 6.45) is 10.2. The minimum atomic E-state index is -1.46. The Kier molecular flexibility index (Phi) is 5.52. The summed E-state index contributed by atoms with van der Waals surface area (Å²) in [6.45, 7) is 4.90. The van der Waals surface area contributed by atoms with Gasteiger partial charge >= 0.3 is 5.97 Å². The molecule has 4 fully saturated rings. The number of ketones is 1. The lowest BCUT2D eigenvalue weighted by molar-refractivity contribution is -0.261. The lowest BCUT2D eigenvalue weighted by Crippen LogP contribution is -2.63. The Morgan fingerprint density at radius 2 is 2.08 bits per heavy atom. The van der Waals surface area contributed by atoms with E-state index in [1.54, 1.807) is 11.1 Å². The highest BCUT2D eigenvalue weighted by Gasteiger charge is 2.76. The third kappa shape index (κ3) is 3.19. The number of carbonyl (C=O) groups excluding carboxylic acids is 1. The van der Waals surface area contributed by atoms with Crippen molar-refractivity contribution in [1.29, 1.82) is 0 Å². The van der Waals surface area contributed by atoms with E-state index in [0.717, 1.165) is 6.42 Å². The standard InChI is InChI=1S/C28H33ClFNO5/c1-26-8-7-18(32)10-21(26)22(30)11-19-20-9-16-14-31(13-15-3-5-17(29)6-4-15)36-28(16,25(34)35)27(20,2)12-23(33)24(19)26/h3,5-8,10,15-16,19-20,22-24,33H,4,9,11-14H2,1-2H3,(H,34,35). The first-order chi connectivity index (χ1) is 17.0. The van der Waals surface area contributed by atoms with Gasteiger partial charge in [-0.15, -0.1) is 0 Å². The number of allylic oxidation sites excluding steroid dienone is 7. The number of aliphatic hydroxyl groups is 1. The van der Waals surface area contributed by atoms with Crippen molar-refractivity contribution in [1.82, 2.24) is 5.06 Å². The maximum atomic E-state index is 15.6. The molecule has 1 heterocycles. The smallest absolute Gasteiger partial charge is 0.339 e. The number of carboxylic acids is 1. The van der Waals surface area contributed by atoms with Gasteiger partial charge in [0.2, 0.25) is 0 Å². The predicted molar refractivity (Wildman–Crippen MR) is 131 cm³/mol. The van der Waals surface area contributed by atoms with E-state index < -0.39 is 34.7 Å². The number of hydroxylamine groups is 2. The number of hydrogen-bond donors (Lipinski definition) is 2. The monoisotopic (exact) mass is 517 g/mol. The molecule has 6 aliphatic rings. The Morgan fingerprint density at radius 3 is 2.78 bits per heavy atom. The largest absolute Gasteiger partial charge is 0.479 e. The number of fused-ring (bicyclic) bond motifs is 7. The summed E-state index contributed by atoms with van der Waals surface area (Å²) in [5.74, 6) is -1.89. The van der Waals surface area contributed by atoms with Crippen molar-refractivity contribution in [3.8, 4) is 0 Å². The molecule has 0 amide bonds. The van der Waals surface area contributed by atoms with Gasteiger partial charge in [0.05, 0.1) is 6.10 Å². The Labute approximate surface area is 215 Å². The first-order valence-corrected chi connectivity index (χ1v) is 13.4. The van der Waals surface area contributed by atoms with Crippen LogP contribution in [0.3, 0.4) is 0 Å². The number of alkyl halides is 1. The Bertz CT molecular complexity index is 1130. The average Bonchev–Trinajstić information content (AvgIpc) is 3.29. The van der Waals surface area contributed by atoms with E-state index in [4.69, 9.17) is 16.4 Å². The molecular formula is C28H33ClFNO5. The van der Waals surface area contributed by atoms with E-state index in [-0.39, 0.29) is 48.2 Å². The summed E-state index contributed by atoms with van der Waals surface area (Å²) in [5.41, 5.74) is -2.63. The molecule has 6 rings (SSSR count). The molecule has 5 aliphatic carbocycles. The van der Waals surface area contributed by atoms with Gasteiger partial charge in [0.15, 0.2) is 11.4 Å². The molecular weight excluding hydrogens is 485 g/mol. The van der Waals surface area contributed by atoms with Crippen LogP contribution < -0.4 is 0 Å². The van der Waals surface area contributed by atoms with Gasteiger partial charge in [-0.05, 0) is 67.2 Å². The molecule has 1 saturated heterocycles. The van der Waals surface area contributed by atoms with Crippen LogP contribution in [0.1, 0.15) is 39.5 Å². The molecule has 0 aromatic rings. The zero-order valence-electron chi connectivity index (χ0n) is 20.6. The van der Waals surface area contributed by atoms with Crippen molar-refractivity contribution in [3.05, 3.63) is 47.1 Å². The minimum absolute atomic E-state index is 0.104. The van der Waals surface area contributed by atoms with Crippen molar-refractivity contribution in [2.24, 2.45) is 40.4 Å². The van der Waals surface area contributed by atoms with E-state index in [2.05, 4.69) is 0 Å². The molecule has 36 heavy (non-hydrogen) atoms. The van der Waals surface area contributed by atoms with Gasteiger partial charge < -0.3 is 10.2 Å². The van der Waals surface area contributed by atoms with E-state index in [1.165, 1.54) is 12.2 Å². The van der Waals surface area contributed by atoms with E-state index in [9.17, 15) is 19.8 Å². The van der Waals surface area contributed by atoms with Crippen LogP contribution in [0.15, 0.2) is 47.1 Å². The van der Waals surface area contributed by atoms with Crippen LogP contribution in [0, 0.1) is 40.4 Å². The normalized spacial score (nSPS) is 49.6. The fourth-order valence-electron chi connectivity index (χ4n) is 8.96. The highest BCUT2D eigenvalue weighted by Crippen LogP contribution is 2.70. The first-order valence-electron chi connectivity index (χ1n) is 13.0. The average molecular weight is 518 g/mol. The highest BCUT2D eigenvalue weighted by molar-refractivity contribution is 6.31.